The highest BCUT2D eigenvalue weighted by Gasteiger charge is 1.99. The van der Waals surface area contributed by atoms with Crippen LogP contribution in [0, 0.1) is 0 Å². The van der Waals surface area contributed by atoms with Gasteiger partial charge in [-0.3, -0.25) is 4.79 Å². The second-order valence-electron chi connectivity index (χ2n) is 2.74. The lowest BCUT2D eigenvalue weighted by atomic mass is 10.3. The molecule has 0 aliphatic heterocycles. The van der Waals surface area contributed by atoms with Gasteiger partial charge in [-0.25, -0.2) is 4.98 Å². The van der Waals surface area contributed by atoms with Gasteiger partial charge in [-0.2, -0.15) is 0 Å². The Morgan fingerprint density at radius 1 is 1.54 bits per heavy atom. The summed E-state index contributed by atoms with van der Waals surface area (Å²) in [5.41, 5.74) is 0.813. The number of nitrogens with zero attached hydrogens (tertiary/aromatic N) is 1. The van der Waals surface area contributed by atoms with Crippen LogP contribution in [-0.2, 0) is 6.42 Å². The molecule has 1 N–H and O–H groups in total. The first-order chi connectivity index (χ1) is 6.26. The molecule has 0 radical (unpaired) electrons. The third-order valence-electron chi connectivity index (χ3n) is 1.58. The molecule has 0 aliphatic carbocycles. The predicted molar refractivity (Wildman–Crippen MR) is 55.3 cm³/mol. The fourth-order valence-electron chi connectivity index (χ4n) is 0.932. The molecule has 13 heavy (non-hydrogen) atoms. The minimum atomic E-state index is -0.0505. The maximum absolute atomic E-state index is 11.1. The monoisotopic (exact) mass is 198 g/mol. The molecule has 0 aromatic carbocycles. The highest BCUT2D eigenvalue weighted by Crippen LogP contribution is 2.11. The van der Waals surface area contributed by atoms with E-state index in [4.69, 9.17) is 0 Å². The van der Waals surface area contributed by atoms with Gasteiger partial charge in [0.05, 0.1) is 0 Å². The molecule has 0 spiro atoms. The molecular formula is C9H14N2OS. The van der Waals surface area contributed by atoms with Crippen LogP contribution in [0.4, 0.5) is 0 Å². The molecule has 0 amide bonds. The summed E-state index contributed by atoms with van der Waals surface area (Å²) in [6, 6.07) is 1.55. The first-order valence-electron chi connectivity index (χ1n) is 4.49. The number of nitrogens with one attached hydrogen (secondary N) is 1. The number of aromatic amines is 1. The molecule has 1 aromatic heterocycles. The number of H-pyrrole nitrogens is 1. The molecule has 0 fully saturated rings. The number of hydrogen-bond donors (Lipinski definition) is 1. The third kappa shape index (κ3) is 3.22. The Balaban J connectivity index is 2.82. The molecule has 1 aromatic rings. The van der Waals surface area contributed by atoms with Crippen molar-refractivity contribution in [3.8, 4) is 0 Å². The molecule has 3 nitrogen and oxygen atoms in total. The van der Waals surface area contributed by atoms with Crippen LogP contribution in [0.2, 0.25) is 0 Å². The van der Waals surface area contributed by atoms with E-state index >= 15 is 0 Å². The van der Waals surface area contributed by atoms with Gasteiger partial charge < -0.3 is 4.98 Å². The minimum Gasteiger partial charge on any atom is -0.301 e. The van der Waals surface area contributed by atoms with Gasteiger partial charge in [0.15, 0.2) is 5.16 Å². The van der Waals surface area contributed by atoms with E-state index in [1.54, 1.807) is 17.8 Å². The van der Waals surface area contributed by atoms with E-state index in [9.17, 15) is 4.79 Å². The van der Waals surface area contributed by atoms with Crippen LogP contribution < -0.4 is 5.56 Å². The van der Waals surface area contributed by atoms with Gasteiger partial charge in [0.25, 0.3) is 5.56 Å². The van der Waals surface area contributed by atoms with Gasteiger partial charge in [0.2, 0.25) is 0 Å². The van der Waals surface area contributed by atoms with Crippen molar-refractivity contribution in [2.24, 2.45) is 0 Å². The van der Waals surface area contributed by atoms with Crippen molar-refractivity contribution in [1.82, 2.24) is 9.97 Å². The van der Waals surface area contributed by atoms with Crippen molar-refractivity contribution in [2.45, 2.75) is 31.8 Å². The quantitative estimate of drug-likeness (QED) is 0.593. The van der Waals surface area contributed by atoms with Crippen LogP contribution in [-0.4, -0.2) is 15.7 Å². The molecular weight excluding hydrogens is 184 g/mol. The van der Waals surface area contributed by atoms with E-state index in [-0.39, 0.29) is 5.56 Å². The average molecular weight is 198 g/mol. The van der Waals surface area contributed by atoms with Crippen LogP contribution in [0.1, 0.15) is 26.0 Å². The predicted octanol–water partition coefficient (Wildman–Crippen LogP) is 1.83. The van der Waals surface area contributed by atoms with Crippen molar-refractivity contribution in [1.29, 1.82) is 0 Å². The molecule has 0 unspecified atom stereocenters. The second kappa shape index (κ2) is 5.07. The summed E-state index contributed by atoms with van der Waals surface area (Å²) in [7, 11) is 0. The lowest BCUT2D eigenvalue weighted by molar-refractivity contribution is 0.867. The Morgan fingerprint density at radius 2 is 2.31 bits per heavy atom. The zero-order chi connectivity index (χ0) is 9.68. The summed E-state index contributed by atoms with van der Waals surface area (Å²) in [5, 5.41) is 0.742. The van der Waals surface area contributed by atoms with Gasteiger partial charge in [0, 0.05) is 17.5 Å². The summed E-state index contributed by atoms with van der Waals surface area (Å²) in [6.07, 6.45) is 1.90. The lowest BCUT2D eigenvalue weighted by Crippen LogP contribution is -2.09. The fourth-order valence-corrected chi connectivity index (χ4v) is 1.68. The standard InChI is InChI=1S/C9H14N2OS/c1-3-5-13-9-10-7(4-2)6-8(12)11-9/h6H,3-5H2,1-2H3,(H,10,11,12). The van der Waals surface area contributed by atoms with E-state index in [0.29, 0.717) is 0 Å². The normalized spacial score (nSPS) is 10.3. The Hall–Kier alpha value is -0.770. The maximum atomic E-state index is 11.1. The van der Waals surface area contributed by atoms with E-state index in [1.165, 1.54) is 0 Å². The molecule has 0 atom stereocenters. The summed E-state index contributed by atoms with van der Waals surface area (Å²) in [4.78, 5) is 18.1. The fraction of sp³-hybridized carbons (Fsp3) is 0.556. The number of rotatable bonds is 4. The number of aryl methyl sites for hydroxylation is 1. The van der Waals surface area contributed by atoms with Crippen LogP contribution in [0.25, 0.3) is 0 Å². The molecule has 0 bridgehead atoms. The SMILES string of the molecule is CCCSc1nc(CC)cc(=O)[nH]1. The Bertz CT molecular complexity index is 322. The first kappa shape index (κ1) is 10.3. The highest BCUT2D eigenvalue weighted by atomic mass is 32.2. The van der Waals surface area contributed by atoms with Gasteiger partial charge in [0.1, 0.15) is 0 Å². The first-order valence-corrected chi connectivity index (χ1v) is 5.47. The summed E-state index contributed by atoms with van der Waals surface area (Å²) in [5.74, 6) is 0.996. The summed E-state index contributed by atoms with van der Waals surface area (Å²) >= 11 is 1.60. The van der Waals surface area contributed by atoms with Gasteiger partial charge >= 0.3 is 0 Å². The van der Waals surface area contributed by atoms with Crippen molar-refractivity contribution in [3.05, 3.63) is 22.1 Å². The average Bonchev–Trinajstić information content (AvgIpc) is 2.14. The van der Waals surface area contributed by atoms with Crippen molar-refractivity contribution in [3.63, 3.8) is 0 Å². The smallest absolute Gasteiger partial charge is 0.251 e. The molecule has 1 heterocycles. The molecule has 0 aliphatic rings. The van der Waals surface area contributed by atoms with Crippen LogP contribution >= 0.6 is 11.8 Å². The van der Waals surface area contributed by atoms with Crippen LogP contribution in [0.3, 0.4) is 0 Å². The van der Waals surface area contributed by atoms with Crippen molar-refractivity contribution < 1.29 is 0 Å². The molecule has 1 rings (SSSR count). The largest absolute Gasteiger partial charge is 0.301 e. The summed E-state index contributed by atoms with van der Waals surface area (Å²) < 4.78 is 0. The van der Waals surface area contributed by atoms with Crippen LogP contribution in [0.15, 0.2) is 16.0 Å². The van der Waals surface area contributed by atoms with E-state index in [0.717, 1.165) is 29.4 Å². The van der Waals surface area contributed by atoms with Gasteiger partial charge in [-0.1, -0.05) is 25.6 Å². The third-order valence-corrected chi connectivity index (χ3v) is 2.66. The molecule has 72 valence electrons. The van der Waals surface area contributed by atoms with Crippen molar-refractivity contribution >= 4 is 11.8 Å². The Morgan fingerprint density at radius 3 is 2.92 bits per heavy atom. The Kier molecular flexibility index (Phi) is 4.02. The minimum absolute atomic E-state index is 0.0505. The highest BCUT2D eigenvalue weighted by molar-refractivity contribution is 7.99. The van der Waals surface area contributed by atoms with Gasteiger partial charge in [-0.05, 0) is 12.8 Å². The topological polar surface area (TPSA) is 45.8 Å². The molecule has 0 saturated carbocycles. The lowest BCUT2D eigenvalue weighted by Gasteiger charge is -2.00. The van der Waals surface area contributed by atoms with E-state index in [2.05, 4.69) is 16.9 Å². The van der Waals surface area contributed by atoms with Crippen molar-refractivity contribution in [2.75, 3.05) is 5.75 Å². The van der Waals surface area contributed by atoms with E-state index in [1.807, 2.05) is 6.92 Å². The molecule has 4 heteroatoms. The molecule has 0 saturated heterocycles. The van der Waals surface area contributed by atoms with Gasteiger partial charge in [-0.15, -0.1) is 0 Å². The maximum Gasteiger partial charge on any atom is 0.251 e. The number of hydrogen-bond acceptors (Lipinski definition) is 3. The Labute approximate surface area is 82.0 Å². The number of thioether (sulfide) groups is 1. The van der Waals surface area contributed by atoms with Crippen LogP contribution in [0.5, 0.6) is 0 Å². The van der Waals surface area contributed by atoms with E-state index < -0.39 is 0 Å². The number of aromatic nitrogens is 2. The zero-order valence-electron chi connectivity index (χ0n) is 7.96. The summed E-state index contributed by atoms with van der Waals surface area (Å²) in [6.45, 7) is 4.10. The second-order valence-corrected chi connectivity index (χ2v) is 3.83. The zero-order valence-corrected chi connectivity index (χ0v) is 8.78.